The van der Waals surface area contributed by atoms with Crippen LogP contribution in [-0.2, 0) is 4.79 Å². The first-order chi connectivity index (χ1) is 5.09. The number of hydrazine groups is 1. The first kappa shape index (κ1) is 8.00. The van der Waals surface area contributed by atoms with Crippen molar-refractivity contribution in [3.05, 3.63) is 0 Å². The van der Waals surface area contributed by atoms with E-state index in [9.17, 15) is 9.59 Å². The number of carbonyl (C=O) groups is 2. The zero-order valence-electron chi connectivity index (χ0n) is 6.55. The number of nitrogens with one attached hydrogen (secondary N) is 2. The largest absolute Gasteiger partial charge is 0.338 e. The molecule has 2 N–H and O–H groups in total. The molecule has 1 aliphatic heterocycles. The van der Waals surface area contributed by atoms with Crippen molar-refractivity contribution in [2.45, 2.75) is 19.9 Å². The van der Waals surface area contributed by atoms with Crippen LogP contribution in [-0.4, -0.2) is 29.5 Å². The SMILES string of the molecule is CC(C)NN1CC(=O)NC1=O. The molecule has 0 bridgehead atoms. The third-order valence-corrected chi connectivity index (χ3v) is 1.21. The number of hydrogen-bond donors (Lipinski definition) is 2. The van der Waals surface area contributed by atoms with Crippen molar-refractivity contribution in [2.75, 3.05) is 6.54 Å². The number of carbonyl (C=O) groups excluding carboxylic acids is 2. The van der Waals surface area contributed by atoms with Crippen LogP contribution in [0.3, 0.4) is 0 Å². The second-order valence-electron chi connectivity index (χ2n) is 2.72. The van der Waals surface area contributed by atoms with Crippen LogP contribution < -0.4 is 10.7 Å². The van der Waals surface area contributed by atoms with E-state index in [1.165, 1.54) is 5.01 Å². The number of urea groups is 1. The van der Waals surface area contributed by atoms with Gasteiger partial charge in [-0.3, -0.25) is 10.1 Å². The highest BCUT2D eigenvalue weighted by Crippen LogP contribution is 1.94. The molecule has 0 unspecified atom stereocenters. The minimum atomic E-state index is -0.372. The molecule has 0 aromatic heterocycles. The summed E-state index contributed by atoms with van der Waals surface area (Å²) in [5.74, 6) is -0.261. The minimum Gasteiger partial charge on any atom is -0.275 e. The summed E-state index contributed by atoms with van der Waals surface area (Å²) in [6.07, 6.45) is 0. The van der Waals surface area contributed by atoms with Gasteiger partial charge in [-0.05, 0) is 13.8 Å². The Morgan fingerprint density at radius 1 is 1.55 bits per heavy atom. The standard InChI is InChI=1S/C6H11N3O2/c1-4(2)8-9-3-5(10)7-6(9)11/h4,8H,3H2,1-2H3,(H,7,10,11). The van der Waals surface area contributed by atoms with Gasteiger partial charge in [0.25, 0.3) is 0 Å². The lowest BCUT2D eigenvalue weighted by Gasteiger charge is -2.17. The molecule has 3 amide bonds. The van der Waals surface area contributed by atoms with E-state index in [2.05, 4.69) is 10.7 Å². The fraction of sp³-hybridized carbons (Fsp3) is 0.667. The molecule has 1 aliphatic rings. The van der Waals surface area contributed by atoms with Crippen LogP contribution in [0, 0.1) is 0 Å². The molecule has 0 aromatic carbocycles. The predicted octanol–water partition coefficient (Wildman–Crippen LogP) is -0.549. The Kier molecular flexibility index (Phi) is 2.09. The van der Waals surface area contributed by atoms with Crippen molar-refractivity contribution in [3.63, 3.8) is 0 Å². The van der Waals surface area contributed by atoms with Crippen molar-refractivity contribution in [2.24, 2.45) is 0 Å². The summed E-state index contributed by atoms with van der Waals surface area (Å²) in [4.78, 5) is 21.5. The zero-order chi connectivity index (χ0) is 8.43. The van der Waals surface area contributed by atoms with Gasteiger partial charge < -0.3 is 0 Å². The Labute approximate surface area is 64.7 Å². The fourth-order valence-electron chi connectivity index (χ4n) is 0.858. The Balaban J connectivity index is 2.47. The molecule has 0 aromatic rings. The molecule has 1 fully saturated rings. The molecule has 5 nitrogen and oxygen atoms in total. The smallest absolute Gasteiger partial charge is 0.275 e. The van der Waals surface area contributed by atoms with Crippen molar-refractivity contribution in [3.8, 4) is 0 Å². The molecule has 0 saturated carbocycles. The normalized spacial score (nSPS) is 17.9. The van der Waals surface area contributed by atoms with Crippen molar-refractivity contribution < 1.29 is 9.59 Å². The van der Waals surface area contributed by atoms with Crippen LogP contribution in [0.1, 0.15) is 13.8 Å². The van der Waals surface area contributed by atoms with Gasteiger partial charge in [0.15, 0.2) is 0 Å². The maximum atomic E-state index is 10.9. The van der Waals surface area contributed by atoms with Crippen LogP contribution in [0.15, 0.2) is 0 Å². The van der Waals surface area contributed by atoms with E-state index < -0.39 is 0 Å². The molecular weight excluding hydrogens is 146 g/mol. The molecule has 11 heavy (non-hydrogen) atoms. The lowest BCUT2D eigenvalue weighted by atomic mass is 10.4. The summed E-state index contributed by atoms with van der Waals surface area (Å²) in [6.45, 7) is 3.91. The van der Waals surface area contributed by atoms with E-state index in [0.29, 0.717) is 0 Å². The predicted molar refractivity (Wildman–Crippen MR) is 38.5 cm³/mol. The minimum absolute atomic E-state index is 0.108. The number of amides is 3. The number of nitrogens with zero attached hydrogens (tertiary/aromatic N) is 1. The Bertz CT molecular complexity index is 190. The lowest BCUT2D eigenvalue weighted by Crippen LogP contribution is -2.44. The zero-order valence-corrected chi connectivity index (χ0v) is 6.55. The first-order valence-corrected chi connectivity index (χ1v) is 3.47. The van der Waals surface area contributed by atoms with Crippen LogP contribution >= 0.6 is 0 Å². The van der Waals surface area contributed by atoms with Crippen molar-refractivity contribution in [1.82, 2.24) is 15.8 Å². The summed E-state index contributed by atoms with van der Waals surface area (Å²) in [6, 6.07) is -0.213. The summed E-state index contributed by atoms with van der Waals surface area (Å²) < 4.78 is 0. The molecular formula is C6H11N3O2. The fourth-order valence-corrected chi connectivity index (χ4v) is 0.858. The van der Waals surface area contributed by atoms with Gasteiger partial charge in [-0.1, -0.05) is 0 Å². The summed E-state index contributed by atoms with van der Waals surface area (Å²) >= 11 is 0. The third-order valence-electron chi connectivity index (χ3n) is 1.21. The summed E-state index contributed by atoms with van der Waals surface area (Å²) in [5.41, 5.74) is 2.82. The van der Waals surface area contributed by atoms with Gasteiger partial charge in [-0.15, -0.1) is 0 Å². The topological polar surface area (TPSA) is 61.4 Å². The van der Waals surface area contributed by atoms with Crippen molar-refractivity contribution >= 4 is 11.9 Å². The molecule has 1 saturated heterocycles. The molecule has 0 radical (unpaired) electrons. The third kappa shape index (κ3) is 1.91. The second-order valence-corrected chi connectivity index (χ2v) is 2.72. The van der Waals surface area contributed by atoms with Crippen LogP contribution in [0.4, 0.5) is 4.79 Å². The Hall–Kier alpha value is -1.10. The van der Waals surface area contributed by atoms with Gasteiger partial charge in [-0.2, -0.15) is 0 Å². The van der Waals surface area contributed by atoms with E-state index in [-0.39, 0.29) is 24.5 Å². The number of rotatable bonds is 2. The molecule has 0 aliphatic carbocycles. The van der Waals surface area contributed by atoms with E-state index in [1.807, 2.05) is 13.8 Å². The van der Waals surface area contributed by atoms with Gasteiger partial charge in [0.2, 0.25) is 5.91 Å². The van der Waals surface area contributed by atoms with Crippen LogP contribution in [0.25, 0.3) is 0 Å². The van der Waals surface area contributed by atoms with Crippen LogP contribution in [0.5, 0.6) is 0 Å². The van der Waals surface area contributed by atoms with E-state index in [1.54, 1.807) is 0 Å². The summed E-state index contributed by atoms with van der Waals surface area (Å²) in [5, 5.41) is 3.43. The highest BCUT2D eigenvalue weighted by Gasteiger charge is 2.26. The highest BCUT2D eigenvalue weighted by molar-refractivity contribution is 6.01. The highest BCUT2D eigenvalue weighted by atomic mass is 16.2. The molecule has 0 atom stereocenters. The van der Waals surface area contributed by atoms with Gasteiger partial charge in [-0.25, -0.2) is 15.2 Å². The van der Waals surface area contributed by atoms with Crippen molar-refractivity contribution in [1.29, 1.82) is 0 Å². The monoisotopic (exact) mass is 157 g/mol. The average Bonchev–Trinajstić information content (AvgIpc) is 2.09. The number of hydrogen-bond acceptors (Lipinski definition) is 3. The number of imide groups is 1. The van der Waals surface area contributed by atoms with E-state index in [0.717, 1.165) is 0 Å². The quantitative estimate of drug-likeness (QED) is 0.529. The average molecular weight is 157 g/mol. The van der Waals surface area contributed by atoms with Crippen LogP contribution in [0.2, 0.25) is 0 Å². The van der Waals surface area contributed by atoms with Gasteiger partial charge >= 0.3 is 6.03 Å². The molecule has 0 spiro atoms. The van der Waals surface area contributed by atoms with Gasteiger partial charge in [0.1, 0.15) is 6.54 Å². The first-order valence-electron chi connectivity index (χ1n) is 3.47. The molecule has 62 valence electrons. The van der Waals surface area contributed by atoms with Gasteiger partial charge in [0.05, 0.1) is 0 Å². The Morgan fingerprint density at radius 2 is 2.18 bits per heavy atom. The maximum absolute atomic E-state index is 10.9. The Morgan fingerprint density at radius 3 is 2.55 bits per heavy atom. The summed E-state index contributed by atoms with van der Waals surface area (Å²) in [7, 11) is 0. The van der Waals surface area contributed by atoms with E-state index >= 15 is 0 Å². The molecule has 5 heteroatoms. The second kappa shape index (κ2) is 2.87. The van der Waals surface area contributed by atoms with E-state index in [4.69, 9.17) is 0 Å². The maximum Gasteiger partial charge on any atom is 0.338 e. The molecule has 1 rings (SSSR count). The molecule has 1 heterocycles. The van der Waals surface area contributed by atoms with Gasteiger partial charge in [0, 0.05) is 6.04 Å². The lowest BCUT2D eigenvalue weighted by molar-refractivity contribution is -0.118.